The SMILES string of the molecule is COCCOCCCC(=O)Nc1ccccc1N. The number of amides is 1. The number of carbonyl (C=O) groups excluding carboxylic acids is 1. The van der Waals surface area contributed by atoms with Crippen molar-refractivity contribution in [3.8, 4) is 0 Å². The van der Waals surface area contributed by atoms with Crippen LogP contribution in [-0.4, -0.2) is 32.8 Å². The lowest BCUT2D eigenvalue weighted by Crippen LogP contribution is -2.13. The van der Waals surface area contributed by atoms with Crippen LogP contribution >= 0.6 is 0 Å². The van der Waals surface area contributed by atoms with E-state index in [-0.39, 0.29) is 5.91 Å². The molecule has 1 aromatic rings. The fourth-order valence-electron chi connectivity index (χ4n) is 1.40. The average molecular weight is 252 g/mol. The van der Waals surface area contributed by atoms with Crippen molar-refractivity contribution in [3.05, 3.63) is 24.3 Å². The summed E-state index contributed by atoms with van der Waals surface area (Å²) in [6.45, 7) is 1.69. The number of nitrogens with two attached hydrogens (primary N) is 1. The summed E-state index contributed by atoms with van der Waals surface area (Å²) in [6.07, 6.45) is 1.10. The van der Waals surface area contributed by atoms with Gasteiger partial charge in [0.15, 0.2) is 0 Å². The second kappa shape index (κ2) is 8.49. The number of nitrogen functional groups attached to an aromatic ring is 1. The van der Waals surface area contributed by atoms with E-state index in [1.807, 2.05) is 12.1 Å². The molecule has 5 nitrogen and oxygen atoms in total. The Morgan fingerprint density at radius 1 is 1.28 bits per heavy atom. The first kappa shape index (κ1) is 14.5. The van der Waals surface area contributed by atoms with Gasteiger partial charge < -0.3 is 20.5 Å². The van der Waals surface area contributed by atoms with Crippen molar-refractivity contribution >= 4 is 17.3 Å². The molecule has 0 aromatic heterocycles. The zero-order valence-corrected chi connectivity index (χ0v) is 10.6. The molecule has 0 aliphatic carbocycles. The Kier molecular flexibility index (Phi) is 6.83. The van der Waals surface area contributed by atoms with Crippen LogP contribution < -0.4 is 11.1 Å². The maximum absolute atomic E-state index is 11.6. The van der Waals surface area contributed by atoms with Gasteiger partial charge in [-0.25, -0.2) is 0 Å². The van der Waals surface area contributed by atoms with Gasteiger partial charge in [0, 0.05) is 20.1 Å². The van der Waals surface area contributed by atoms with E-state index in [9.17, 15) is 4.79 Å². The minimum Gasteiger partial charge on any atom is -0.397 e. The highest BCUT2D eigenvalue weighted by molar-refractivity contribution is 5.93. The molecular weight excluding hydrogens is 232 g/mol. The summed E-state index contributed by atoms with van der Waals surface area (Å²) in [5.74, 6) is -0.0526. The number of hydrogen-bond donors (Lipinski definition) is 2. The van der Waals surface area contributed by atoms with Crippen LogP contribution in [0.2, 0.25) is 0 Å². The molecule has 0 aliphatic heterocycles. The second-order valence-electron chi connectivity index (χ2n) is 3.84. The maximum Gasteiger partial charge on any atom is 0.224 e. The van der Waals surface area contributed by atoms with Gasteiger partial charge in [-0.1, -0.05) is 12.1 Å². The van der Waals surface area contributed by atoms with Crippen molar-refractivity contribution in [2.75, 3.05) is 38.0 Å². The summed E-state index contributed by atoms with van der Waals surface area (Å²) >= 11 is 0. The quantitative estimate of drug-likeness (QED) is 0.545. The Morgan fingerprint density at radius 3 is 2.78 bits per heavy atom. The number of methoxy groups -OCH3 is 1. The van der Waals surface area contributed by atoms with Crippen LogP contribution in [0.1, 0.15) is 12.8 Å². The van der Waals surface area contributed by atoms with Gasteiger partial charge in [0.25, 0.3) is 0 Å². The van der Waals surface area contributed by atoms with Gasteiger partial charge in [0.2, 0.25) is 5.91 Å². The minimum absolute atomic E-state index is 0.0526. The molecule has 100 valence electrons. The summed E-state index contributed by atoms with van der Waals surface area (Å²) in [6, 6.07) is 7.19. The number of rotatable bonds is 8. The Morgan fingerprint density at radius 2 is 2.06 bits per heavy atom. The molecule has 0 radical (unpaired) electrons. The molecule has 1 amide bonds. The molecule has 1 aromatic carbocycles. The molecule has 0 fully saturated rings. The summed E-state index contributed by atoms with van der Waals surface area (Å²) in [7, 11) is 1.63. The van der Waals surface area contributed by atoms with E-state index >= 15 is 0 Å². The van der Waals surface area contributed by atoms with Crippen LogP contribution in [0.5, 0.6) is 0 Å². The lowest BCUT2D eigenvalue weighted by Gasteiger charge is -2.07. The summed E-state index contributed by atoms with van der Waals surface area (Å²) in [4.78, 5) is 11.6. The predicted molar refractivity (Wildman–Crippen MR) is 71.4 cm³/mol. The van der Waals surface area contributed by atoms with Crippen molar-refractivity contribution in [1.29, 1.82) is 0 Å². The van der Waals surface area contributed by atoms with Crippen LogP contribution in [0.25, 0.3) is 0 Å². The smallest absolute Gasteiger partial charge is 0.224 e. The first-order valence-corrected chi connectivity index (χ1v) is 5.95. The monoisotopic (exact) mass is 252 g/mol. The Hall–Kier alpha value is -1.59. The highest BCUT2D eigenvalue weighted by Crippen LogP contribution is 2.16. The highest BCUT2D eigenvalue weighted by atomic mass is 16.5. The lowest BCUT2D eigenvalue weighted by atomic mass is 10.2. The molecule has 5 heteroatoms. The summed E-state index contributed by atoms with van der Waals surface area (Å²) in [5, 5.41) is 2.77. The first-order chi connectivity index (χ1) is 8.74. The average Bonchev–Trinajstić information content (AvgIpc) is 2.36. The molecule has 0 heterocycles. The normalized spacial score (nSPS) is 10.3. The standard InChI is InChI=1S/C13H20N2O3/c1-17-9-10-18-8-4-7-13(16)15-12-6-3-2-5-11(12)14/h2-3,5-6H,4,7-10,14H2,1H3,(H,15,16). The minimum atomic E-state index is -0.0526. The number of benzene rings is 1. The van der Waals surface area contributed by atoms with Crippen LogP contribution in [0.3, 0.4) is 0 Å². The number of hydrogen-bond acceptors (Lipinski definition) is 4. The molecule has 0 saturated carbocycles. The van der Waals surface area contributed by atoms with Gasteiger partial charge in [-0.05, 0) is 18.6 Å². The molecular formula is C13H20N2O3. The molecule has 0 spiro atoms. The van der Waals surface area contributed by atoms with Crippen LogP contribution in [-0.2, 0) is 14.3 Å². The molecule has 0 bridgehead atoms. The van der Waals surface area contributed by atoms with Crippen molar-refractivity contribution in [2.24, 2.45) is 0 Å². The molecule has 18 heavy (non-hydrogen) atoms. The second-order valence-corrected chi connectivity index (χ2v) is 3.84. The van der Waals surface area contributed by atoms with Crippen molar-refractivity contribution in [1.82, 2.24) is 0 Å². The first-order valence-electron chi connectivity index (χ1n) is 5.95. The third-order valence-electron chi connectivity index (χ3n) is 2.36. The summed E-state index contributed by atoms with van der Waals surface area (Å²) in [5.41, 5.74) is 6.95. The van der Waals surface area contributed by atoms with Crippen molar-refractivity contribution in [3.63, 3.8) is 0 Å². The Balaban J connectivity index is 2.16. The number of ether oxygens (including phenoxy) is 2. The van der Waals surface area contributed by atoms with Gasteiger partial charge >= 0.3 is 0 Å². The number of nitrogens with one attached hydrogen (secondary N) is 1. The van der Waals surface area contributed by atoms with E-state index in [0.717, 1.165) is 0 Å². The van der Waals surface area contributed by atoms with Gasteiger partial charge in [-0.2, -0.15) is 0 Å². The predicted octanol–water partition coefficient (Wildman–Crippen LogP) is 1.65. The number of anilines is 2. The van der Waals surface area contributed by atoms with E-state index in [0.29, 0.717) is 44.0 Å². The Labute approximate surface area is 107 Å². The lowest BCUT2D eigenvalue weighted by molar-refractivity contribution is -0.116. The van der Waals surface area contributed by atoms with Gasteiger partial charge in [0.05, 0.1) is 24.6 Å². The van der Waals surface area contributed by atoms with Crippen molar-refractivity contribution < 1.29 is 14.3 Å². The van der Waals surface area contributed by atoms with E-state index in [1.54, 1.807) is 19.2 Å². The topological polar surface area (TPSA) is 73.6 Å². The fraction of sp³-hybridized carbons (Fsp3) is 0.462. The fourth-order valence-corrected chi connectivity index (χ4v) is 1.40. The third kappa shape index (κ3) is 5.65. The third-order valence-corrected chi connectivity index (χ3v) is 2.36. The molecule has 0 saturated heterocycles. The zero-order chi connectivity index (χ0) is 13.2. The molecule has 0 unspecified atom stereocenters. The van der Waals surface area contributed by atoms with E-state index in [1.165, 1.54) is 0 Å². The van der Waals surface area contributed by atoms with Crippen LogP contribution in [0.15, 0.2) is 24.3 Å². The van der Waals surface area contributed by atoms with Crippen LogP contribution in [0.4, 0.5) is 11.4 Å². The summed E-state index contributed by atoms with van der Waals surface area (Å²) < 4.78 is 10.1. The maximum atomic E-state index is 11.6. The van der Waals surface area contributed by atoms with Gasteiger partial charge in [0.1, 0.15) is 0 Å². The molecule has 0 aliphatic rings. The van der Waals surface area contributed by atoms with Crippen molar-refractivity contribution in [2.45, 2.75) is 12.8 Å². The van der Waals surface area contributed by atoms with E-state index in [2.05, 4.69) is 5.32 Å². The zero-order valence-electron chi connectivity index (χ0n) is 10.6. The van der Waals surface area contributed by atoms with Crippen LogP contribution in [0, 0.1) is 0 Å². The van der Waals surface area contributed by atoms with E-state index < -0.39 is 0 Å². The molecule has 1 rings (SSSR count). The highest BCUT2D eigenvalue weighted by Gasteiger charge is 2.04. The Bertz CT molecular complexity index is 369. The van der Waals surface area contributed by atoms with Gasteiger partial charge in [-0.15, -0.1) is 0 Å². The molecule has 0 atom stereocenters. The van der Waals surface area contributed by atoms with Gasteiger partial charge in [-0.3, -0.25) is 4.79 Å². The van der Waals surface area contributed by atoms with E-state index in [4.69, 9.17) is 15.2 Å². The number of para-hydroxylation sites is 2. The number of carbonyl (C=O) groups is 1. The molecule has 3 N–H and O–H groups in total. The largest absolute Gasteiger partial charge is 0.397 e.